The Labute approximate surface area is 136 Å². The van der Waals surface area contributed by atoms with Crippen LogP contribution in [0.15, 0.2) is 23.8 Å². The van der Waals surface area contributed by atoms with Crippen molar-refractivity contribution in [3.05, 3.63) is 34.9 Å². The van der Waals surface area contributed by atoms with Crippen molar-refractivity contribution in [2.75, 3.05) is 7.11 Å². The highest BCUT2D eigenvalue weighted by Gasteiger charge is 2.54. The van der Waals surface area contributed by atoms with Crippen LogP contribution in [0, 0.1) is 17.3 Å². The zero-order valence-electron chi connectivity index (χ0n) is 13.7. The molecule has 0 N–H and O–H groups in total. The molecule has 0 aromatic heterocycles. The predicted octanol–water partition coefficient (Wildman–Crippen LogP) is 3.60. The number of Topliss-reactive ketones (excluding diaryl/α,β-unsaturated/α-hetero) is 2. The molecule has 3 unspecified atom stereocenters. The molecule has 1 aromatic rings. The van der Waals surface area contributed by atoms with Gasteiger partial charge in [-0.25, -0.2) is 0 Å². The molecular formula is C20H22O3. The molecule has 120 valence electrons. The molecule has 0 bridgehead atoms. The zero-order valence-corrected chi connectivity index (χ0v) is 13.7. The summed E-state index contributed by atoms with van der Waals surface area (Å²) < 4.78 is 5.33. The van der Waals surface area contributed by atoms with E-state index < -0.39 is 5.41 Å². The van der Waals surface area contributed by atoms with E-state index in [4.69, 9.17) is 4.74 Å². The van der Waals surface area contributed by atoms with Crippen LogP contribution in [-0.4, -0.2) is 18.7 Å². The predicted molar refractivity (Wildman–Crippen MR) is 88.2 cm³/mol. The summed E-state index contributed by atoms with van der Waals surface area (Å²) in [6.07, 6.45) is 5.93. The quantitative estimate of drug-likeness (QED) is 0.796. The van der Waals surface area contributed by atoms with Crippen LogP contribution in [0.5, 0.6) is 5.75 Å². The highest BCUT2D eigenvalue weighted by atomic mass is 16.5. The fourth-order valence-electron chi connectivity index (χ4n) is 4.92. The van der Waals surface area contributed by atoms with Gasteiger partial charge < -0.3 is 4.74 Å². The fraction of sp³-hybridized carbons (Fsp3) is 0.500. The van der Waals surface area contributed by atoms with Gasteiger partial charge >= 0.3 is 0 Å². The summed E-state index contributed by atoms with van der Waals surface area (Å²) in [7, 11) is 1.68. The van der Waals surface area contributed by atoms with Gasteiger partial charge in [-0.2, -0.15) is 0 Å². The summed E-state index contributed by atoms with van der Waals surface area (Å²) >= 11 is 0. The number of ketones is 2. The minimum atomic E-state index is -0.423. The Morgan fingerprint density at radius 2 is 2.00 bits per heavy atom. The normalized spacial score (nSPS) is 32.5. The first-order valence-electron chi connectivity index (χ1n) is 8.48. The number of carbonyl (C=O) groups excluding carboxylic acids is 2. The molecular weight excluding hydrogens is 288 g/mol. The van der Waals surface area contributed by atoms with Crippen LogP contribution in [0.1, 0.15) is 43.7 Å². The molecule has 2 saturated carbocycles. The number of carbonyl (C=O) groups is 2. The number of aryl methyl sites for hydroxylation is 1. The maximum Gasteiger partial charge on any atom is 0.160 e. The Kier molecular flexibility index (Phi) is 3.22. The lowest BCUT2D eigenvalue weighted by Crippen LogP contribution is -2.42. The van der Waals surface area contributed by atoms with Crippen LogP contribution in [0.2, 0.25) is 0 Å². The Morgan fingerprint density at radius 1 is 1.17 bits per heavy atom. The first-order valence-corrected chi connectivity index (χ1v) is 8.48. The summed E-state index contributed by atoms with van der Waals surface area (Å²) in [4.78, 5) is 25.1. The van der Waals surface area contributed by atoms with Crippen molar-refractivity contribution < 1.29 is 14.3 Å². The maximum absolute atomic E-state index is 12.8. The van der Waals surface area contributed by atoms with E-state index in [1.807, 2.05) is 19.1 Å². The Balaban J connectivity index is 1.77. The third kappa shape index (κ3) is 2.09. The van der Waals surface area contributed by atoms with E-state index in [0.29, 0.717) is 24.5 Å². The van der Waals surface area contributed by atoms with E-state index in [-0.39, 0.29) is 11.7 Å². The first kappa shape index (κ1) is 14.7. The summed E-state index contributed by atoms with van der Waals surface area (Å²) in [5.74, 6) is 1.88. The molecule has 2 fully saturated rings. The van der Waals surface area contributed by atoms with Crippen molar-refractivity contribution >= 4 is 17.6 Å². The molecule has 1 aromatic carbocycles. The molecule has 0 aliphatic heterocycles. The Morgan fingerprint density at radius 3 is 2.78 bits per heavy atom. The Hall–Kier alpha value is -1.90. The van der Waals surface area contributed by atoms with E-state index in [0.717, 1.165) is 36.1 Å². The monoisotopic (exact) mass is 310 g/mol. The van der Waals surface area contributed by atoms with E-state index in [1.165, 1.54) is 5.56 Å². The van der Waals surface area contributed by atoms with Gasteiger partial charge in [-0.15, -0.1) is 0 Å². The molecule has 3 aliphatic rings. The number of benzene rings is 1. The van der Waals surface area contributed by atoms with Gasteiger partial charge in [0.25, 0.3) is 0 Å². The van der Waals surface area contributed by atoms with Crippen molar-refractivity contribution in [2.45, 2.75) is 39.0 Å². The number of ether oxygens (including phenoxy) is 1. The van der Waals surface area contributed by atoms with E-state index >= 15 is 0 Å². The number of hydrogen-bond acceptors (Lipinski definition) is 3. The molecule has 23 heavy (non-hydrogen) atoms. The van der Waals surface area contributed by atoms with E-state index in [2.05, 4.69) is 12.1 Å². The molecule has 3 nitrogen and oxygen atoms in total. The van der Waals surface area contributed by atoms with Gasteiger partial charge in [0.05, 0.1) is 7.11 Å². The fourth-order valence-corrected chi connectivity index (χ4v) is 4.92. The molecule has 3 atom stereocenters. The molecule has 4 rings (SSSR count). The smallest absolute Gasteiger partial charge is 0.160 e. The number of hydrogen-bond donors (Lipinski definition) is 0. The molecule has 0 heterocycles. The highest BCUT2D eigenvalue weighted by Crippen LogP contribution is 2.55. The zero-order chi connectivity index (χ0) is 16.2. The number of allylic oxidation sites excluding steroid dienone is 1. The topological polar surface area (TPSA) is 43.4 Å². The average Bonchev–Trinajstić information content (AvgIpc) is 2.73. The lowest BCUT2D eigenvalue weighted by Gasteiger charge is -2.41. The van der Waals surface area contributed by atoms with Gasteiger partial charge in [0.15, 0.2) is 5.78 Å². The third-order valence-electron chi connectivity index (χ3n) is 6.26. The number of rotatable bonds is 1. The maximum atomic E-state index is 12.8. The second-order valence-electron chi connectivity index (χ2n) is 7.40. The molecule has 0 amide bonds. The van der Waals surface area contributed by atoms with Crippen LogP contribution in [0.25, 0.3) is 6.08 Å². The van der Waals surface area contributed by atoms with Crippen LogP contribution in [-0.2, 0) is 16.0 Å². The van der Waals surface area contributed by atoms with Crippen LogP contribution >= 0.6 is 0 Å². The number of fused-ring (bicyclic) bond motifs is 4. The highest BCUT2D eigenvalue weighted by molar-refractivity contribution is 6.05. The van der Waals surface area contributed by atoms with Crippen molar-refractivity contribution in [2.24, 2.45) is 17.3 Å². The van der Waals surface area contributed by atoms with Crippen LogP contribution in [0.4, 0.5) is 0 Å². The van der Waals surface area contributed by atoms with Gasteiger partial charge in [0.2, 0.25) is 0 Å². The van der Waals surface area contributed by atoms with E-state index in [1.54, 1.807) is 7.11 Å². The number of methoxy groups -OCH3 is 1. The van der Waals surface area contributed by atoms with Gasteiger partial charge in [0, 0.05) is 18.3 Å². The Bertz CT molecular complexity index is 730. The summed E-state index contributed by atoms with van der Waals surface area (Å²) in [5.41, 5.74) is 2.90. The second kappa shape index (κ2) is 5.05. The van der Waals surface area contributed by atoms with Gasteiger partial charge in [0.1, 0.15) is 11.5 Å². The minimum Gasteiger partial charge on any atom is -0.497 e. The minimum absolute atomic E-state index is 0.174. The van der Waals surface area contributed by atoms with Crippen LogP contribution in [0.3, 0.4) is 0 Å². The van der Waals surface area contributed by atoms with Gasteiger partial charge in [-0.1, -0.05) is 13.0 Å². The summed E-state index contributed by atoms with van der Waals surface area (Å²) in [6, 6.07) is 6.07. The lowest BCUT2D eigenvalue weighted by atomic mass is 9.61. The van der Waals surface area contributed by atoms with Gasteiger partial charge in [-0.05, 0) is 66.0 Å². The largest absolute Gasteiger partial charge is 0.497 e. The van der Waals surface area contributed by atoms with Gasteiger partial charge in [-0.3, -0.25) is 9.59 Å². The van der Waals surface area contributed by atoms with E-state index in [9.17, 15) is 9.59 Å². The lowest BCUT2D eigenvalue weighted by molar-refractivity contribution is -0.134. The molecule has 3 heteroatoms. The van der Waals surface area contributed by atoms with Crippen molar-refractivity contribution in [1.29, 1.82) is 0 Å². The van der Waals surface area contributed by atoms with Crippen molar-refractivity contribution in [3.8, 4) is 5.75 Å². The van der Waals surface area contributed by atoms with Crippen molar-refractivity contribution in [1.82, 2.24) is 0 Å². The average molecular weight is 310 g/mol. The third-order valence-corrected chi connectivity index (χ3v) is 6.26. The standard InChI is InChI=1S/C20H22O3/c1-20-11-18(21)16-10-13-3-5-14(23-2)9-12(13)4-6-15(16)17(20)7-8-19(20)22/h3,5,9-10,15,17H,4,6-8,11H2,1-2H3. The molecule has 3 aliphatic carbocycles. The van der Waals surface area contributed by atoms with Crippen LogP contribution < -0.4 is 4.74 Å². The molecule has 0 spiro atoms. The molecule has 0 saturated heterocycles. The van der Waals surface area contributed by atoms with Crippen molar-refractivity contribution in [3.63, 3.8) is 0 Å². The summed E-state index contributed by atoms with van der Waals surface area (Å²) in [6.45, 7) is 2.02. The molecule has 0 radical (unpaired) electrons. The second-order valence-corrected chi connectivity index (χ2v) is 7.40. The SMILES string of the molecule is COc1ccc2c(c1)CCC1C(=C2)C(=O)CC2(C)C(=O)CCC12. The summed E-state index contributed by atoms with van der Waals surface area (Å²) in [5, 5.41) is 0. The first-order chi connectivity index (χ1) is 11.0.